The number of nitrogens with one attached hydrogen (secondary N) is 2. The molecule has 0 aromatic heterocycles. The maximum atomic E-state index is 13.7. The first-order valence-corrected chi connectivity index (χ1v) is 12.5. The Morgan fingerprint density at radius 2 is 1.51 bits per heavy atom. The van der Waals surface area contributed by atoms with Crippen molar-refractivity contribution >= 4 is 22.8 Å². The lowest BCUT2D eigenvalue weighted by atomic mass is 9.78. The van der Waals surface area contributed by atoms with Gasteiger partial charge < -0.3 is 20.3 Å². The van der Waals surface area contributed by atoms with Crippen molar-refractivity contribution < 1.29 is 9.53 Å². The van der Waals surface area contributed by atoms with E-state index in [4.69, 9.17) is 4.74 Å². The molecule has 0 fully saturated rings. The highest BCUT2D eigenvalue weighted by molar-refractivity contribution is 6.01. The summed E-state index contributed by atoms with van der Waals surface area (Å²) in [5.41, 5.74) is 7.34. The first kappa shape index (κ1) is 23.0. The number of allylic oxidation sites excluding steroid dienone is 1. The van der Waals surface area contributed by atoms with E-state index in [0.29, 0.717) is 6.42 Å². The summed E-state index contributed by atoms with van der Waals surface area (Å²) in [5.74, 6) is 1.15. The second-order valence-electron chi connectivity index (χ2n) is 9.21. The molecule has 2 N–H and O–H groups in total. The number of carbonyl (C=O) groups is 1. The molecule has 2 atom stereocenters. The fourth-order valence-corrected chi connectivity index (χ4v) is 5.32. The Bertz CT molecular complexity index is 1230. The molecule has 0 bridgehead atoms. The molecule has 5 rings (SSSR count). The maximum Gasteiger partial charge on any atom is 0.163 e. The van der Waals surface area contributed by atoms with E-state index < -0.39 is 0 Å². The number of rotatable bonds is 6. The maximum absolute atomic E-state index is 13.7. The van der Waals surface area contributed by atoms with E-state index >= 15 is 0 Å². The predicted octanol–water partition coefficient (Wildman–Crippen LogP) is 6.52. The molecule has 35 heavy (non-hydrogen) atoms. The zero-order valence-corrected chi connectivity index (χ0v) is 20.7. The third-order valence-corrected chi connectivity index (χ3v) is 7.25. The topological polar surface area (TPSA) is 53.6 Å². The molecule has 2 aliphatic rings. The van der Waals surface area contributed by atoms with Crippen LogP contribution in [0, 0.1) is 0 Å². The molecule has 5 nitrogen and oxygen atoms in total. The number of fused-ring (bicyclic) bond motifs is 1. The largest absolute Gasteiger partial charge is 0.497 e. The molecular weight excluding hydrogens is 434 g/mol. The van der Waals surface area contributed by atoms with E-state index in [0.717, 1.165) is 53.5 Å². The van der Waals surface area contributed by atoms with Crippen molar-refractivity contribution in [1.29, 1.82) is 0 Å². The molecule has 180 valence electrons. The van der Waals surface area contributed by atoms with Crippen LogP contribution in [0.3, 0.4) is 0 Å². The van der Waals surface area contributed by atoms with E-state index in [9.17, 15) is 4.79 Å². The lowest BCUT2D eigenvalue weighted by Gasteiger charge is -2.30. The van der Waals surface area contributed by atoms with Crippen LogP contribution in [0.2, 0.25) is 0 Å². The van der Waals surface area contributed by atoms with E-state index in [-0.39, 0.29) is 17.7 Å². The van der Waals surface area contributed by atoms with Gasteiger partial charge in [-0.3, -0.25) is 4.79 Å². The number of methoxy groups -OCH3 is 1. The van der Waals surface area contributed by atoms with Crippen molar-refractivity contribution in [2.45, 2.75) is 38.6 Å². The van der Waals surface area contributed by atoms with Crippen molar-refractivity contribution in [2.75, 3.05) is 35.7 Å². The zero-order chi connectivity index (χ0) is 24.4. The number of nitrogens with zero attached hydrogens (tertiary/aromatic N) is 1. The summed E-state index contributed by atoms with van der Waals surface area (Å²) < 4.78 is 5.35. The van der Waals surface area contributed by atoms with Crippen LogP contribution in [-0.4, -0.2) is 26.0 Å². The molecule has 0 saturated carbocycles. The summed E-state index contributed by atoms with van der Waals surface area (Å²) in [6.07, 6.45) is 1.31. The van der Waals surface area contributed by atoms with Gasteiger partial charge in [0.25, 0.3) is 0 Å². The number of para-hydroxylation sites is 2. The van der Waals surface area contributed by atoms with Crippen LogP contribution < -0.4 is 20.3 Å². The monoisotopic (exact) mass is 467 g/mol. The van der Waals surface area contributed by atoms with Gasteiger partial charge in [-0.15, -0.1) is 0 Å². The summed E-state index contributed by atoms with van der Waals surface area (Å²) in [7, 11) is 1.67. The molecule has 0 amide bonds. The van der Waals surface area contributed by atoms with E-state index in [1.54, 1.807) is 7.11 Å². The number of Topliss-reactive ketones (excluding diaryl/α,β-unsaturated/α-hetero) is 1. The Balaban J connectivity index is 1.51. The predicted molar refractivity (Wildman–Crippen MR) is 143 cm³/mol. The van der Waals surface area contributed by atoms with Crippen LogP contribution in [0.5, 0.6) is 5.75 Å². The average molecular weight is 468 g/mol. The molecule has 1 aliphatic carbocycles. The minimum absolute atomic E-state index is 0.154. The second kappa shape index (κ2) is 9.87. The fourth-order valence-electron chi connectivity index (χ4n) is 5.32. The van der Waals surface area contributed by atoms with Crippen molar-refractivity contribution in [3.63, 3.8) is 0 Å². The van der Waals surface area contributed by atoms with Crippen LogP contribution in [0.4, 0.5) is 17.1 Å². The number of hydrogen-bond acceptors (Lipinski definition) is 5. The SMILES string of the molecule is CCN(CC)c1ccc([C@@H]2CC(=O)C3=C(C2)Nc2ccccc2N[C@H]3c2ccc(OC)cc2)cc1. The summed E-state index contributed by atoms with van der Waals surface area (Å²) in [4.78, 5) is 16.1. The van der Waals surface area contributed by atoms with Crippen LogP contribution in [0.1, 0.15) is 49.8 Å². The molecule has 1 heterocycles. The van der Waals surface area contributed by atoms with Crippen molar-refractivity contribution in [2.24, 2.45) is 0 Å². The average Bonchev–Trinajstić information content (AvgIpc) is 3.07. The lowest BCUT2D eigenvalue weighted by Crippen LogP contribution is -2.27. The van der Waals surface area contributed by atoms with Gasteiger partial charge in [0.1, 0.15) is 5.75 Å². The third kappa shape index (κ3) is 4.51. The molecule has 1 aliphatic heterocycles. The van der Waals surface area contributed by atoms with Crippen molar-refractivity contribution in [3.05, 3.63) is 95.2 Å². The van der Waals surface area contributed by atoms with Gasteiger partial charge in [-0.2, -0.15) is 0 Å². The summed E-state index contributed by atoms with van der Waals surface area (Å²) in [6.45, 7) is 6.32. The van der Waals surface area contributed by atoms with Crippen LogP contribution >= 0.6 is 0 Å². The van der Waals surface area contributed by atoms with Crippen LogP contribution in [0.15, 0.2) is 84.1 Å². The Morgan fingerprint density at radius 1 is 0.857 bits per heavy atom. The Kier molecular flexibility index (Phi) is 6.49. The van der Waals surface area contributed by atoms with Gasteiger partial charge in [-0.05, 0) is 73.7 Å². The molecule has 0 unspecified atom stereocenters. The Morgan fingerprint density at radius 3 is 2.17 bits per heavy atom. The van der Waals surface area contributed by atoms with E-state index in [1.807, 2.05) is 36.4 Å². The molecular formula is C30H33N3O2. The minimum atomic E-state index is -0.217. The van der Waals surface area contributed by atoms with Crippen LogP contribution in [-0.2, 0) is 4.79 Å². The number of anilines is 3. The summed E-state index contributed by atoms with van der Waals surface area (Å²) >= 11 is 0. The van der Waals surface area contributed by atoms with Gasteiger partial charge >= 0.3 is 0 Å². The van der Waals surface area contributed by atoms with Gasteiger partial charge in [-0.25, -0.2) is 0 Å². The number of benzene rings is 3. The molecule has 0 radical (unpaired) electrons. The quantitative estimate of drug-likeness (QED) is 0.432. The molecule has 3 aromatic rings. The summed E-state index contributed by atoms with van der Waals surface area (Å²) in [5, 5.41) is 7.27. The number of ether oxygens (including phenoxy) is 1. The Labute approximate surface area is 207 Å². The van der Waals surface area contributed by atoms with Gasteiger partial charge in [-0.1, -0.05) is 36.4 Å². The van der Waals surface area contributed by atoms with Crippen molar-refractivity contribution in [3.8, 4) is 5.75 Å². The van der Waals surface area contributed by atoms with Gasteiger partial charge in [0.05, 0.1) is 24.5 Å². The fraction of sp³-hybridized carbons (Fsp3) is 0.300. The zero-order valence-electron chi connectivity index (χ0n) is 20.7. The second-order valence-corrected chi connectivity index (χ2v) is 9.21. The molecule has 3 aromatic carbocycles. The molecule has 5 heteroatoms. The number of hydrogen-bond donors (Lipinski definition) is 2. The van der Waals surface area contributed by atoms with Crippen molar-refractivity contribution in [1.82, 2.24) is 0 Å². The minimum Gasteiger partial charge on any atom is -0.497 e. The normalized spacial score (nSPS) is 19.1. The number of ketones is 1. The Hall–Kier alpha value is -3.73. The lowest BCUT2D eigenvalue weighted by molar-refractivity contribution is -0.116. The summed E-state index contributed by atoms with van der Waals surface area (Å²) in [6, 6.07) is 24.7. The van der Waals surface area contributed by atoms with Gasteiger partial charge in [0.15, 0.2) is 5.78 Å². The first-order valence-electron chi connectivity index (χ1n) is 12.5. The number of carbonyl (C=O) groups excluding carboxylic acids is 1. The van der Waals surface area contributed by atoms with Gasteiger partial charge in [0.2, 0.25) is 0 Å². The standard InChI is InChI=1S/C30H33N3O2/c1-4-33(5-2)23-14-10-20(11-15-23)22-18-27-29(28(34)19-22)30(21-12-16-24(35-3)17-13-21)32-26-9-7-6-8-25(26)31-27/h6-17,22,30-32H,4-5,18-19H2,1-3H3/t22-,30-/m0/s1. The smallest absolute Gasteiger partial charge is 0.163 e. The highest BCUT2D eigenvalue weighted by atomic mass is 16.5. The molecule has 0 spiro atoms. The highest BCUT2D eigenvalue weighted by Gasteiger charge is 2.36. The van der Waals surface area contributed by atoms with Gasteiger partial charge in [0, 0.05) is 36.5 Å². The third-order valence-electron chi connectivity index (χ3n) is 7.25. The molecule has 0 saturated heterocycles. The van der Waals surface area contributed by atoms with Crippen LogP contribution in [0.25, 0.3) is 0 Å². The first-order chi connectivity index (χ1) is 17.1. The van der Waals surface area contributed by atoms with E-state index in [2.05, 4.69) is 65.8 Å². The highest BCUT2D eigenvalue weighted by Crippen LogP contribution is 2.44. The van der Waals surface area contributed by atoms with E-state index in [1.165, 1.54) is 11.3 Å².